The predicted molar refractivity (Wildman–Crippen MR) is 60.1 cm³/mol. The van der Waals surface area contributed by atoms with Crippen molar-refractivity contribution in [3.05, 3.63) is 30.0 Å². The molecule has 0 aliphatic rings. The Labute approximate surface area is 92.5 Å². The lowest BCUT2D eigenvalue weighted by molar-refractivity contribution is 0.0922. The zero-order valence-corrected chi connectivity index (χ0v) is 8.90. The van der Waals surface area contributed by atoms with Gasteiger partial charge in [0.1, 0.15) is 0 Å². The van der Waals surface area contributed by atoms with Gasteiger partial charge >= 0.3 is 0 Å². The quantitative estimate of drug-likeness (QED) is 0.710. The summed E-state index contributed by atoms with van der Waals surface area (Å²) in [6.07, 6.45) is 1.67. The number of carbonyl (C=O) groups is 1. The second-order valence-electron chi connectivity index (χ2n) is 3.73. The minimum absolute atomic E-state index is 0.0697. The first-order valence-electron chi connectivity index (χ1n) is 5.05. The molecule has 3 N–H and O–H groups in total. The molecule has 0 fully saturated rings. The third-order valence-corrected chi connectivity index (χ3v) is 2.35. The van der Waals surface area contributed by atoms with Crippen molar-refractivity contribution in [2.75, 3.05) is 6.61 Å². The number of benzene rings is 1. The number of rotatable bonds is 3. The molecule has 2 aromatic rings. The maximum Gasteiger partial charge on any atom is 0.251 e. The summed E-state index contributed by atoms with van der Waals surface area (Å²) in [6.45, 7) is 1.67. The zero-order valence-electron chi connectivity index (χ0n) is 8.90. The van der Waals surface area contributed by atoms with Gasteiger partial charge in [0, 0.05) is 17.0 Å². The molecule has 2 rings (SSSR count). The monoisotopic (exact) mass is 219 g/mol. The van der Waals surface area contributed by atoms with E-state index in [9.17, 15) is 4.79 Å². The van der Waals surface area contributed by atoms with Crippen molar-refractivity contribution in [2.24, 2.45) is 0 Å². The number of nitrogens with zero attached hydrogens (tertiary/aromatic N) is 1. The van der Waals surface area contributed by atoms with E-state index >= 15 is 0 Å². The van der Waals surface area contributed by atoms with Gasteiger partial charge in [0.2, 0.25) is 0 Å². The summed E-state index contributed by atoms with van der Waals surface area (Å²) in [5, 5.41) is 19.1. The van der Waals surface area contributed by atoms with Crippen molar-refractivity contribution in [3.8, 4) is 0 Å². The lowest BCUT2D eigenvalue weighted by atomic mass is 10.1. The summed E-state index contributed by atoms with van der Waals surface area (Å²) in [5.74, 6) is -0.190. The van der Waals surface area contributed by atoms with Crippen LogP contribution in [0.3, 0.4) is 0 Å². The maximum absolute atomic E-state index is 11.7. The average Bonchev–Trinajstić information content (AvgIpc) is 2.75. The van der Waals surface area contributed by atoms with E-state index in [1.54, 1.807) is 31.3 Å². The Morgan fingerprint density at radius 1 is 1.62 bits per heavy atom. The van der Waals surface area contributed by atoms with E-state index < -0.39 is 0 Å². The second-order valence-corrected chi connectivity index (χ2v) is 3.73. The summed E-state index contributed by atoms with van der Waals surface area (Å²) in [5.41, 5.74) is 1.46. The first kappa shape index (κ1) is 10.6. The van der Waals surface area contributed by atoms with Crippen LogP contribution in [-0.4, -0.2) is 33.9 Å². The SMILES string of the molecule is CC(CO)NC(=O)c1ccc2[nH]ncc2c1. The van der Waals surface area contributed by atoms with E-state index in [1.165, 1.54) is 0 Å². The Bertz CT molecular complexity index is 507. The summed E-state index contributed by atoms with van der Waals surface area (Å²) in [4.78, 5) is 11.7. The number of amides is 1. The highest BCUT2D eigenvalue weighted by Crippen LogP contribution is 2.12. The van der Waals surface area contributed by atoms with Gasteiger partial charge in [-0.3, -0.25) is 9.89 Å². The van der Waals surface area contributed by atoms with E-state index in [0.29, 0.717) is 5.56 Å². The van der Waals surface area contributed by atoms with E-state index in [1.807, 2.05) is 0 Å². The molecule has 5 heteroatoms. The average molecular weight is 219 g/mol. The van der Waals surface area contributed by atoms with Gasteiger partial charge < -0.3 is 10.4 Å². The molecule has 0 saturated carbocycles. The van der Waals surface area contributed by atoms with Crippen molar-refractivity contribution in [3.63, 3.8) is 0 Å². The number of aliphatic hydroxyl groups is 1. The van der Waals surface area contributed by atoms with Crippen molar-refractivity contribution >= 4 is 16.8 Å². The molecule has 84 valence electrons. The van der Waals surface area contributed by atoms with Crippen LogP contribution < -0.4 is 5.32 Å². The predicted octanol–water partition coefficient (Wildman–Crippen LogP) is 0.673. The highest BCUT2D eigenvalue weighted by molar-refractivity contribution is 5.97. The molecule has 1 atom stereocenters. The molecule has 0 spiro atoms. The molecule has 16 heavy (non-hydrogen) atoms. The Hall–Kier alpha value is -1.88. The Kier molecular flexibility index (Phi) is 2.87. The van der Waals surface area contributed by atoms with Crippen LogP contribution in [0.5, 0.6) is 0 Å². The van der Waals surface area contributed by atoms with Gasteiger partial charge in [0.05, 0.1) is 18.3 Å². The van der Waals surface area contributed by atoms with Crippen LogP contribution in [0.15, 0.2) is 24.4 Å². The zero-order chi connectivity index (χ0) is 11.5. The van der Waals surface area contributed by atoms with E-state index in [4.69, 9.17) is 5.11 Å². The summed E-state index contributed by atoms with van der Waals surface area (Å²) >= 11 is 0. The summed E-state index contributed by atoms with van der Waals surface area (Å²) in [7, 11) is 0. The van der Waals surface area contributed by atoms with Crippen molar-refractivity contribution in [1.29, 1.82) is 0 Å². The second kappa shape index (κ2) is 4.32. The fourth-order valence-electron chi connectivity index (χ4n) is 1.44. The van der Waals surface area contributed by atoms with Gasteiger partial charge in [0.25, 0.3) is 5.91 Å². The van der Waals surface area contributed by atoms with Crippen LogP contribution in [0, 0.1) is 0 Å². The van der Waals surface area contributed by atoms with Crippen LogP contribution in [0.1, 0.15) is 17.3 Å². The Balaban J connectivity index is 2.22. The summed E-state index contributed by atoms with van der Waals surface area (Å²) < 4.78 is 0. The molecule has 1 unspecified atom stereocenters. The third kappa shape index (κ3) is 2.04. The number of aromatic nitrogens is 2. The molecular formula is C11H13N3O2. The molecular weight excluding hydrogens is 206 g/mol. The highest BCUT2D eigenvalue weighted by Gasteiger charge is 2.09. The number of H-pyrrole nitrogens is 1. The first-order chi connectivity index (χ1) is 7.70. The molecule has 5 nitrogen and oxygen atoms in total. The highest BCUT2D eigenvalue weighted by atomic mass is 16.3. The molecule has 0 aliphatic carbocycles. The largest absolute Gasteiger partial charge is 0.394 e. The van der Waals surface area contributed by atoms with Crippen LogP contribution >= 0.6 is 0 Å². The number of nitrogens with one attached hydrogen (secondary N) is 2. The molecule has 1 aromatic carbocycles. The standard InChI is InChI=1S/C11H13N3O2/c1-7(6-15)13-11(16)8-2-3-10-9(4-8)5-12-14-10/h2-5,7,15H,6H2,1H3,(H,12,14)(H,13,16). The molecule has 0 radical (unpaired) electrons. The van der Waals surface area contributed by atoms with Crippen molar-refractivity contribution in [2.45, 2.75) is 13.0 Å². The molecule has 1 aromatic heterocycles. The lowest BCUT2D eigenvalue weighted by Crippen LogP contribution is -2.34. The fraction of sp³-hybridized carbons (Fsp3) is 0.273. The van der Waals surface area contributed by atoms with Gasteiger partial charge in [0.15, 0.2) is 0 Å². The smallest absolute Gasteiger partial charge is 0.251 e. The number of hydrogen-bond donors (Lipinski definition) is 3. The fourth-order valence-corrected chi connectivity index (χ4v) is 1.44. The number of fused-ring (bicyclic) bond motifs is 1. The van der Waals surface area contributed by atoms with Crippen LogP contribution in [0.25, 0.3) is 10.9 Å². The number of hydrogen-bond acceptors (Lipinski definition) is 3. The van der Waals surface area contributed by atoms with Gasteiger partial charge in [-0.05, 0) is 25.1 Å². The van der Waals surface area contributed by atoms with E-state index in [-0.39, 0.29) is 18.6 Å². The van der Waals surface area contributed by atoms with Gasteiger partial charge in [-0.15, -0.1) is 0 Å². The number of aromatic amines is 1. The van der Waals surface area contributed by atoms with Crippen molar-refractivity contribution < 1.29 is 9.90 Å². The number of carbonyl (C=O) groups excluding carboxylic acids is 1. The molecule has 1 heterocycles. The van der Waals surface area contributed by atoms with Crippen molar-refractivity contribution in [1.82, 2.24) is 15.5 Å². The number of aliphatic hydroxyl groups excluding tert-OH is 1. The Morgan fingerprint density at radius 2 is 2.44 bits per heavy atom. The Morgan fingerprint density at radius 3 is 3.19 bits per heavy atom. The maximum atomic E-state index is 11.7. The van der Waals surface area contributed by atoms with E-state index in [2.05, 4.69) is 15.5 Å². The minimum atomic E-state index is -0.243. The molecule has 0 saturated heterocycles. The lowest BCUT2D eigenvalue weighted by Gasteiger charge is -2.10. The normalized spacial score (nSPS) is 12.6. The minimum Gasteiger partial charge on any atom is -0.394 e. The first-order valence-corrected chi connectivity index (χ1v) is 5.05. The van der Waals surface area contributed by atoms with Crippen LogP contribution in [0.4, 0.5) is 0 Å². The van der Waals surface area contributed by atoms with Gasteiger partial charge in [-0.1, -0.05) is 0 Å². The molecule has 0 bridgehead atoms. The molecule has 0 aliphatic heterocycles. The van der Waals surface area contributed by atoms with Gasteiger partial charge in [-0.2, -0.15) is 5.10 Å². The van der Waals surface area contributed by atoms with Crippen LogP contribution in [-0.2, 0) is 0 Å². The third-order valence-electron chi connectivity index (χ3n) is 2.35. The van der Waals surface area contributed by atoms with Gasteiger partial charge in [-0.25, -0.2) is 0 Å². The van der Waals surface area contributed by atoms with Crippen LogP contribution in [0.2, 0.25) is 0 Å². The molecule has 1 amide bonds. The van der Waals surface area contributed by atoms with E-state index in [0.717, 1.165) is 10.9 Å². The topological polar surface area (TPSA) is 78.0 Å². The summed E-state index contributed by atoms with van der Waals surface area (Å²) in [6, 6.07) is 5.05.